The topological polar surface area (TPSA) is 82.8 Å². The first-order valence-corrected chi connectivity index (χ1v) is 9.95. The predicted octanol–water partition coefficient (Wildman–Crippen LogP) is 5.27. The number of nitrogen functional groups attached to an aromatic ring is 1. The molecule has 0 heterocycles. The maximum absolute atomic E-state index is 12.3. The third-order valence-corrected chi connectivity index (χ3v) is 4.77. The highest BCUT2D eigenvalue weighted by Gasteiger charge is 2.12. The number of nitrogens with one attached hydrogen (secondary N) is 1. The lowest BCUT2D eigenvalue weighted by Gasteiger charge is -2.13. The number of hydrogen-bond acceptors (Lipinski definition) is 6. The first-order chi connectivity index (χ1) is 15.5. The maximum atomic E-state index is 12.3. The number of benzene rings is 3. The van der Waals surface area contributed by atoms with E-state index in [2.05, 4.69) is 5.32 Å². The Morgan fingerprint density at radius 1 is 0.875 bits per heavy atom. The lowest BCUT2D eigenvalue weighted by molar-refractivity contribution is 0.104. The number of methoxy groups -OCH3 is 3. The van der Waals surface area contributed by atoms with Crippen LogP contribution in [0.2, 0.25) is 0 Å². The number of rotatable bonds is 9. The molecule has 0 bridgehead atoms. The van der Waals surface area contributed by atoms with Crippen molar-refractivity contribution in [2.45, 2.75) is 0 Å². The van der Waals surface area contributed by atoms with Crippen LogP contribution in [-0.2, 0) is 0 Å². The summed E-state index contributed by atoms with van der Waals surface area (Å²) in [5, 5.41) is 3.18. The van der Waals surface area contributed by atoms with Gasteiger partial charge in [0.25, 0.3) is 0 Å². The molecule has 3 aromatic rings. The third-order valence-electron chi connectivity index (χ3n) is 4.77. The molecule has 3 rings (SSSR count). The summed E-state index contributed by atoms with van der Waals surface area (Å²) in [5.74, 6) is 1.61. The second-order valence-corrected chi connectivity index (χ2v) is 6.84. The minimum Gasteiger partial charge on any atom is -0.493 e. The molecule has 0 amide bonds. The summed E-state index contributed by atoms with van der Waals surface area (Å²) in [7, 11) is 4.74. The number of carbonyl (C=O) groups excluding carboxylic acids is 1. The molecular weight excluding hydrogens is 404 g/mol. The Bertz CT molecular complexity index is 1110. The van der Waals surface area contributed by atoms with E-state index >= 15 is 0 Å². The number of ether oxygens (including phenoxy) is 3. The van der Waals surface area contributed by atoms with Crippen LogP contribution < -0.4 is 25.3 Å². The van der Waals surface area contributed by atoms with Gasteiger partial charge in [0.1, 0.15) is 0 Å². The zero-order chi connectivity index (χ0) is 22.9. The van der Waals surface area contributed by atoms with Gasteiger partial charge < -0.3 is 25.3 Å². The van der Waals surface area contributed by atoms with Gasteiger partial charge in [-0.2, -0.15) is 0 Å². The minimum atomic E-state index is -0.108. The Balaban J connectivity index is 1.77. The van der Waals surface area contributed by atoms with Crippen LogP contribution in [0.1, 0.15) is 21.5 Å². The number of hydrogen-bond donors (Lipinski definition) is 2. The second kappa shape index (κ2) is 10.7. The lowest BCUT2D eigenvalue weighted by Crippen LogP contribution is -1.97. The van der Waals surface area contributed by atoms with Crippen LogP contribution >= 0.6 is 0 Å². The molecule has 0 fully saturated rings. The molecule has 164 valence electrons. The van der Waals surface area contributed by atoms with E-state index in [0.717, 1.165) is 16.8 Å². The molecule has 6 heteroatoms. The van der Waals surface area contributed by atoms with Crippen molar-refractivity contribution in [1.82, 2.24) is 0 Å². The number of allylic oxidation sites excluding steroid dienone is 1. The summed E-state index contributed by atoms with van der Waals surface area (Å²) >= 11 is 0. The van der Waals surface area contributed by atoms with Crippen molar-refractivity contribution < 1.29 is 19.0 Å². The lowest BCUT2D eigenvalue weighted by atomic mass is 10.1. The quantitative estimate of drug-likeness (QED) is 0.208. The van der Waals surface area contributed by atoms with Gasteiger partial charge in [-0.05, 0) is 53.6 Å². The molecule has 32 heavy (non-hydrogen) atoms. The van der Waals surface area contributed by atoms with Crippen molar-refractivity contribution in [3.63, 3.8) is 0 Å². The van der Waals surface area contributed by atoms with Crippen molar-refractivity contribution in [3.8, 4) is 17.2 Å². The molecule has 0 unspecified atom stereocenters. The molecule has 0 aliphatic heterocycles. The van der Waals surface area contributed by atoms with E-state index in [1.54, 1.807) is 51.8 Å². The summed E-state index contributed by atoms with van der Waals surface area (Å²) < 4.78 is 16.2. The Morgan fingerprint density at radius 3 is 2.16 bits per heavy atom. The van der Waals surface area contributed by atoms with Crippen LogP contribution in [0.5, 0.6) is 17.2 Å². The summed E-state index contributed by atoms with van der Waals surface area (Å²) in [5.41, 5.74) is 9.57. The van der Waals surface area contributed by atoms with Gasteiger partial charge in [-0.3, -0.25) is 4.79 Å². The third kappa shape index (κ3) is 5.49. The highest BCUT2D eigenvalue weighted by atomic mass is 16.5. The Hall–Kier alpha value is -4.19. The normalized spacial score (nSPS) is 11.0. The smallest absolute Gasteiger partial charge is 0.203 e. The SMILES string of the molecule is COc1cc(/C=C\c2ccccc2N/C=C\C(=O)c2ccc(N)cc2)cc(OC)c1OC. The van der Waals surface area contributed by atoms with E-state index in [4.69, 9.17) is 19.9 Å². The molecular formula is C26H26N2O4. The molecule has 3 aromatic carbocycles. The van der Waals surface area contributed by atoms with Gasteiger partial charge in [-0.25, -0.2) is 0 Å². The summed E-state index contributed by atoms with van der Waals surface area (Å²) in [6, 6.07) is 18.4. The molecule has 0 aromatic heterocycles. The van der Waals surface area contributed by atoms with E-state index in [1.807, 2.05) is 48.6 Å². The zero-order valence-electron chi connectivity index (χ0n) is 18.3. The fraction of sp³-hybridized carbons (Fsp3) is 0.115. The van der Waals surface area contributed by atoms with Gasteiger partial charge in [-0.1, -0.05) is 30.4 Å². The van der Waals surface area contributed by atoms with Gasteiger partial charge in [0.05, 0.1) is 21.3 Å². The Morgan fingerprint density at radius 2 is 1.53 bits per heavy atom. The van der Waals surface area contributed by atoms with E-state index in [9.17, 15) is 4.79 Å². The van der Waals surface area contributed by atoms with Crippen LogP contribution in [0.15, 0.2) is 72.9 Å². The first-order valence-electron chi connectivity index (χ1n) is 9.95. The predicted molar refractivity (Wildman–Crippen MR) is 129 cm³/mol. The van der Waals surface area contributed by atoms with Crippen LogP contribution in [0.4, 0.5) is 11.4 Å². The van der Waals surface area contributed by atoms with Crippen molar-refractivity contribution >= 4 is 29.3 Å². The Labute approximate surface area is 187 Å². The number of nitrogens with two attached hydrogens (primary N) is 1. The number of para-hydroxylation sites is 1. The van der Waals surface area contributed by atoms with Crippen molar-refractivity contribution in [2.75, 3.05) is 32.4 Å². The standard InChI is InChI=1S/C26H26N2O4/c1-30-24-16-18(17-25(31-2)26(24)32-3)8-9-19-6-4-5-7-22(19)28-15-14-23(29)20-10-12-21(27)13-11-20/h4-17,28H,27H2,1-3H3/b9-8-,15-14-. The average molecular weight is 431 g/mol. The molecule has 6 nitrogen and oxygen atoms in total. The first kappa shape index (κ1) is 22.5. The molecule has 0 aliphatic rings. The highest BCUT2D eigenvalue weighted by molar-refractivity contribution is 6.04. The van der Waals surface area contributed by atoms with E-state index in [1.165, 1.54) is 6.08 Å². The van der Waals surface area contributed by atoms with E-state index < -0.39 is 0 Å². The van der Waals surface area contributed by atoms with Gasteiger partial charge in [0, 0.05) is 29.2 Å². The minimum absolute atomic E-state index is 0.108. The van der Waals surface area contributed by atoms with Crippen molar-refractivity contribution in [2.24, 2.45) is 0 Å². The number of anilines is 2. The number of ketones is 1. The van der Waals surface area contributed by atoms with Gasteiger partial charge in [0.2, 0.25) is 5.75 Å². The van der Waals surface area contributed by atoms with Crippen LogP contribution in [-0.4, -0.2) is 27.1 Å². The molecule has 0 saturated heterocycles. The molecule has 0 radical (unpaired) electrons. The summed E-state index contributed by atoms with van der Waals surface area (Å²) in [6.07, 6.45) is 7.04. The summed E-state index contributed by atoms with van der Waals surface area (Å²) in [4.78, 5) is 12.3. The summed E-state index contributed by atoms with van der Waals surface area (Å²) in [6.45, 7) is 0. The molecule has 0 saturated carbocycles. The van der Waals surface area contributed by atoms with Crippen molar-refractivity contribution in [1.29, 1.82) is 0 Å². The fourth-order valence-corrected chi connectivity index (χ4v) is 3.11. The van der Waals surface area contributed by atoms with E-state index in [-0.39, 0.29) is 5.78 Å². The average Bonchev–Trinajstić information content (AvgIpc) is 2.82. The number of carbonyl (C=O) groups is 1. The molecule has 3 N–H and O–H groups in total. The van der Waals surface area contributed by atoms with Gasteiger partial charge >= 0.3 is 0 Å². The van der Waals surface area contributed by atoms with Crippen molar-refractivity contribution in [3.05, 3.63) is 89.6 Å². The molecule has 0 aliphatic carbocycles. The monoisotopic (exact) mass is 430 g/mol. The van der Waals surface area contributed by atoms with Gasteiger partial charge in [0.15, 0.2) is 17.3 Å². The zero-order valence-corrected chi connectivity index (χ0v) is 18.3. The van der Waals surface area contributed by atoms with Gasteiger partial charge in [-0.15, -0.1) is 0 Å². The van der Waals surface area contributed by atoms with Crippen LogP contribution in [0.25, 0.3) is 12.2 Å². The largest absolute Gasteiger partial charge is 0.493 e. The highest BCUT2D eigenvalue weighted by Crippen LogP contribution is 2.38. The molecule has 0 spiro atoms. The van der Waals surface area contributed by atoms with Crippen LogP contribution in [0.3, 0.4) is 0 Å². The maximum Gasteiger partial charge on any atom is 0.203 e. The molecule has 0 atom stereocenters. The second-order valence-electron chi connectivity index (χ2n) is 6.84. The van der Waals surface area contributed by atoms with Crippen LogP contribution in [0, 0.1) is 0 Å². The Kier molecular flexibility index (Phi) is 7.54. The van der Waals surface area contributed by atoms with E-state index in [0.29, 0.717) is 28.5 Å². The fourth-order valence-electron chi connectivity index (χ4n) is 3.11.